The van der Waals surface area contributed by atoms with E-state index < -0.39 is 57.0 Å². The lowest BCUT2D eigenvalue weighted by Crippen LogP contribution is -2.52. The van der Waals surface area contributed by atoms with Gasteiger partial charge in [-0.05, 0) is 84.7 Å². The van der Waals surface area contributed by atoms with Gasteiger partial charge in [0, 0.05) is 119 Å². The van der Waals surface area contributed by atoms with Crippen LogP contribution in [-0.4, -0.2) is 132 Å². The molecule has 10 rings (SSSR count). The van der Waals surface area contributed by atoms with Crippen molar-refractivity contribution < 1.29 is 40.8 Å². The molecular formula is C48H50F3N9O6S. The van der Waals surface area contributed by atoms with E-state index in [-0.39, 0.29) is 43.3 Å². The molecule has 0 aliphatic carbocycles. The Morgan fingerprint density at radius 3 is 2.34 bits per heavy atom. The summed E-state index contributed by atoms with van der Waals surface area (Å²) in [5.74, 6) is -3.80. The number of nitrogens with zero attached hydrogens (tertiary/aromatic N) is 6. The number of hydrogen-bond donors (Lipinski definition) is 3. The van der Waals surface area contributed by atoms with E-state index in [0.29, 0.717) is 41.0 Å². The molecule has 5 aliphatic heterocycles. The monoisotopic (exact) mass is 937 g/mol. The van der Waals surface area contributed by atoms with Gasteiger partial charge in [0.25, 0.3) is 5.91 Å². The van der Waals surface area contributed by atoms with Gasteiger partial charge in [0.1, 0.15) is 23.7 Å². The molecule has 5 aromatic rings. The Morgan fingerprint density at radius 1 is 0.851 bits per heavy atom. The maximum Gasteiger partial charge on any atom is 0.301 e. The zero-order valence-corrected chi connectivity index (χ0v) is 37.5. The number of pyridine rings is 1. The highest BCUT2D eigenvalue weighted by Gasteiger charge is 2.40. The fourth-order valence-electron chi connectivity index (χ4n) is 10.1. The Hall–Kier alpha value is -6.15. The molecule has 15 nitrogen and oxygen atoms in total. The molecule has 0 spiro atoms. The Labute approximate surface area is 385 Å². The van der Waals surface area contributed by atoms with Gasteiger partial charge in [0.2, 0.25) is 17.6 Å². The Kier molecular flexibility index (Phi) is 12.1. The Bertz CT molecular complexity index is 2880. The third kappa shape index (κ3) is 9.04. The number of ketones is 1. The number of amides is 3. The number of carbonyl (C=O) groups is 4. The van der Waals surface area contributed by atoms with Crippen molar-refractivity contribution in [1.82, 2.24) is 34.3 Å². The summed E-state index contributed by atoms with van der Waals surface area (Å²) < 4.78 is 73.1. The maximum absolute atomic E-state index is 15.8. The lowest BCUT2D eigenvalue weighted by molar-refractivity contribution is -0.136. The van der Waals surface area contributed by atoms with Gasteiger partial charge < -0.3 is 19.7 Å². The molecule has 3 amide bonds. The van der Waals surface area contributed by atoms with Gasteiger partial charge in [-0.1, -0.05) is 24.3 Å². The number of aromatic nitrogens is 2. The second-order valence-electron chi connectivity index (χ2n) is 18.2. The molecule has 19 heteroatoms. The molecule has 2 atom stereocenters. The van der Waals surface area contributed by atoms with Gasteiger partial charge in [0.05, 0.1) is 11.3 Å². The predicted octanol–water partition coefficient (Wildman–Crippen LogP) is 5.23. The van der Waals surface area contributed by atoms with Crippen LogP contribution in [0.4, 0.5) is 24.5 Å². The molecule has 0 radical (unpaired) electrons. The van der Waals surface area contributed by atoms with Crippen LogP contribution < -0.4 is 14.9 Å². The summed E-state index contributed by atoms with van der Waals surface area (Å²) in [7, 11) is -4.35. The van der Waals surface area contributed by atoms with Crippen molar-refractivity contribution in [2.75, 3.05) is 68.5 Å². The van der Waals surface area contributed by atoms with Gasteiger partial charge in [-0.25, -0.2) is 18.2 Å². The number of carbonyl (C=O) groups excluding carboxylic acids is 4. The van der Waals surface area contributed by atoms with Crippen LogP contribution in [-0.2, 0) is 32.9 Å². The fraction of sp³-hybridized carbons (Fsp3) is 0.396. The topological polar surface area (TPSA) is 171 Å². The van der Waals surface area contributed by atoms with Gasteiger partial charge >= 0.3 is 10.2 Å². The third-order valence-corrected chi connectivity index (χ3v) is 15.4. The largest absolute Gasteiger partial charge is 0.372 e. The molecule has 7 heterocycles. The van der Waals surface area contributed by atoms with E-state index in [1.807, 2.05) is 29.0 Å². The summed E-state index contributed by atoms with van der Waals surface area (Å²) >= 11 is 0. The lowest BCUT2D eigenvalue weighted by atomic mass is 9.95. The number of rotatable bonds is 12. The number of anilines is 2. The van der Waals surface area contributed by atoms with Crippen LogP contribution in [0.5, 0.6) is 0 Å². The number of piperidine rings is 2. The lowest BCUT2D eigenvalue weighted by Gasteiger charge is -2.39. The van der Waals surface area contributed by atoms with E-state index in [1.165, 1.54) is 6.20 Å². The summed E-state index contributed by atoms with van der Waals surface area (Å²) in [6.45, 7) is 7.47. The number of H-pyrrole nitrogens is 1. The number of fused-ring (bicyclic) bond motifs is 2. The second kappa shape index (κ2) is 18.2. The second-order valence-corrected chi connectivity index (χ2v) is 19.9. The minimum absolute atomic E-state index is 0.00480. The van der Waals surface area contributed by atoms with Gasteiger partial charge in [-0.15, -0.1) is 0 Å². The number of nitrogens with one attached hydrogen (secondary N) is 3. The van der Waals surface area contributed by atoms with Crippen LogP contribution in [0.15, 0.2) is 73.1 Å². The van der Waals surface area contributed by atoms with Crippen molar-refractivity contribution in [1.29, 1.82) is 0 Å². The van der Waals surface area contributed by atoms with Crippen molar-refractivity contribution in [3.05, 3.63) is 113 Å². The molecule has 1 unspecified atom stereocenters. The number of imide groups is 1. The fourth-order valence-corrected chi connectivity index (χ4v) is 11.4. The van der Waals surface area contributed by atoms with Crippen LogP contribution >= 0.6 is 0 Å². The summed E-state index contributed by atoms with van der Waals surface area (Å²) in [6.07, 6.45) is 4.36. The number of aromatic amines is 1. The van der Waals surface area contributed by atoms with E-state index in [2.05, 4.69) is 48.2 Å². The minimum Gasteiger partial charge on any atom is -0.372 e. The van der Waals surface area contributed by atoms with Crippen molar-refractivity contribution in [3.63, 3.8) is 0 Å². The highest BCUT2D eigenvalue weighted by atomic mass is 32.2. The number of benzene rings is 3. The first kappa shape index (κ1) is 44.7. The zero-order chi connectivity index (χ0) is 46.6. The Balaban J connectivity index is 0.710. The third-order valence-electron chi connectivity index (χ3n) is 13.9. The first-order chi connectivity index (χ1) is 32.3. The van der Waals surface area contributed by atoms with Crippen molar-refractivity contribution in [2.45, 2.75) is 57.4 Å². The van der Waals surface area contributed by atoms with Crippen LogP contribution in [0.25, 0.3) is 22.2 Å². The minimum atomic E-state index is -4.35. The molecule has 67 heavy (non-hydrogen) atoms. The number of alkyl halides is 1. The van der Waals surface area contributed by atoms with Gasteiger partial charge in [-0.2, -0.15) is 12.7 Å². The average molecular weight is 938 g/mol. The molecule has 5 aliphatic rings. The summed E-state index contributed by atoms with van der Waals surface area (Å²) in [5.41, 5.74) is 4.05. The van der Waals surface area contributed by atoms with E-state index in [9.17, 15) is 32.0 Å². The molecule has 4 fully saturated rings. The van der Waals surface area contributed by atoms with Crippen LogP contribution in [0.3, 0.4) is 0 Å². The van der Waals surface area contributed by atoms with Crippen molar-refractivity contribution in [2.24, 2.45) is 5.92 Å². The quantitative estimate of drug-likeness (QED) is 0.111. The molecule has 0 saturated carbocycles. The van der Waals surface area contributed by atoms with Crippen LogP contribution in [0.1, 0.15) is 69.5 Å². The highest BCUT2D eigenvalue weighted by molar-refractivity contribution is 7.90. The van der Waals surface area contributed by atoms with Crippen molar-refractivity contribution in [3.8, 4) is 11.1 Å². The number of halogens is 3. The van der Waals surface area contributed by atoms with Gasteiger partial charge in [0.15, 0.2) is 5.82 Å². The van der Waals surface area contributed by atoms with E-state index in [4.69, 9.17) is 0 Å². The summed E-state index contributed by atoms with van der Waals surface area (Å²) in [5, 5.41) is 2.70. The van der Waals surface area contributed by atoms with Crippen molar-refractivity contribution >= 4 is 56.1 Å². The number of hydrogen-bond acceptors (Lipinski definition) is 10. The SMILES string of the molecule is O=C1CCC(N2Cc3cc(N4CCC(CN5CCN(Cc6ccc(-c7cnc8[nH]cc(C(=O)c9c(F)ccc(NS(=O)(=O)N%10CC[C@@H](F)C%10)c9F)c8c7)cc6)CC5)CC4)ccc3C2=O)C(=O)N1. The molecule has 350 valence electrons. The molecular weight excluding hydrogens is 888 g/mol. The summed E-state index contributed by atoms with van der Waals surface area (Å²) in [4.78, 5) is 67.4. The van der Waals surface area contributed by atoms with Gasteiger partial charge in [-0.3, -0.25) is 34.1 Å². The first-order valence-electron chi connectivity index (χ1n) is 22.8. The standard InChI is InChI=1S/C48H50F3N9O6S/c49-34-13-16-59(28-34)67(65,66)55-40-8-7-39(50)43(44(40)51)45(62)38-24-53-46-37(38)22-32(23-52-46)31-3-1-29(2-4-31)25-56-17-19-57(20-18-56)26-30-11-14-58(15-12-30)35-5-6-36-33(21-35)27-60(48(36)64)41-9-10-42(61)54-47(41)63/h1-8,21-24,30,34,41,55H,9-20,25-28H2,(H,52,53)(H,54,61,63)/t34-,41?/m1/s1. The molecule has 3 aromatic carbocycles. The normalized spacial score (nSPS) is 21.3. The molecule has 4 saturated heterocycles. The average Bonchev–Trinajstić information content (AvgIpc) is 4.05. The van der Waals surface area contributed by atoms with Crippen LogP contribution in [0, 0.1) is 17.6 Å². The van der Waals surface area contributed by atoms with E-state index in [0.717, 1.165) is 104 Å². The smallest absolute Gasteiger partial charge is 0.301 e. The highest BCUT2D eigenvalue weighted by Crippen LogP contribution is 2.34. The molecule has 3 N–H and O–H groups in total. The van der Waals surface area contributed by atoms with Crippen LogP contribution in [0.2, 0.25) is 0 Å². The Morgan fingerprint density at radius 2 is 1.61 bits per heavy atom. The van der Waals surface area contributed by atoms with E-state index >= 15 is 8.78 Å². The predicted molar refractivity (Wildman–Crippen MR) is 244 cm³/mol. The zero-order valence-electron chi connectivity index (χ0n) is 36.6. The van der Waals surface area contributed by atoms with E-state index in [1.54, 1.807) is 17.2 Å². The summed E-state index contributed by atoms with van der Waals surface area (Å²) in [6, 6.07) is 16.9. The molecule has 0 bridgehead atoms. The maximum atomic E-state index is 15.8. The molecule has 2 aromatic heterocycles. The number of piperazine rings is 1. The first-order valence-corrected chi connectivity index (χ1v) is 24.2.